The third kappa shape index (κ3) is 4.17. The van der Waals surface area contributed by atoms with E-state index >= 15 is 0 Å². The number of nitrogens with one attached hydrogen (secondary N) is 2. The van der Waals surface area contributed by atoms with Crippen molar-refractivity contribution in [3.8, 4) is 22.9 Å². The van der Waals surface area contributed by atoms with Crippen LogP contribution in [0.25, 0.3) is 11.4 Å². The fourth-order valence-electron chi connectivity index (χ4n) is 2.54. The van der Waals surface area contributed by atoms with E-state index in [1.807, 2.05) is 0 Å². The molecule has 8 nitrogen and oxygen atoms in total. The van der Waals surface area contributed by atoms with Gasteiger partial charge in [0.05, 0.1) is 37.0 Å². The number of hydrogen-bond acceptors (Lipinski definition) is 7. The molecule has 3 aromatic rings. The van der Waals surface area contributed by atoms with Crippen molar-refractivity contribution in [3.05, 3.63) is 52.9 Å². The summed E-state index contributed by atoms with van der Waals surface area (Å²) in [6, 6.07) is 10.3. The summed E-state index contributed by atoms with van der Waals surface area (Å²) in [5.41, 5.74) is 1.76. The van der Waals surface area contributed by atoms with Gasteiger partial charge < -0.3 is 24.6 Å². The van der Waals surface area contributed by atoms with E-state index in [0.29, 0.717) is 45.1 Å². The van der Waals surface area contributed by atoms with Crippen LogP contribution in [0.4, 0.5) is 5.69 Å². The second-order valence-corrected chi connectivity index (χ2v) is 6.11. The van der Waals surface area contributed by atoms with Gasteiger partial charge in [0.25, 0.3) is 5.91 Å². The van der Waals surface area contributed by atoms with Crippen LogP contribution in [0.5, 0.6) is 11.5 Å². The summed E-state index contributed by atoms with van der Waals surface area (Å²) in [5.74, 6) is 1.78. The molecule has 0 atom stereocenters. The first-order chi connectivity index (χ1) is 13.5. The topological polar surface area (TPSA) is 98.5 Å². The Morgan fingerprint density at radius 2 is 2.00 bits per heavy atom. The van der Waals surface area contributed by atoms with Crippen LogP contribution in [0.2, 0.25) is 5.02 Å². The molecule has 2 aromatic carbocycles. The second kappa shape index (κ2) is 8.62. The summed E-state index contributed by atoms with van der Waals surface area (Å²) >= 11 is 6.19. The Morgan fingerprint density at radius 1 is 1.18 bits per heavy atom. The van der Waals surface area contributed by atoms with Crippen LogP contribution in [0.1, 0.15) is 16.2 Å². The van der Waals surface area contributed by atoms with Gasteiger partial charge in [-0.3, -0.25) is 4.79 Å². The van der Waals surface area contributed by atoms with Crippen LogP contribution in [0.15, 0.2) is 40.9 Å². The number of carbonyl (C=O) groups excluding carboxylic acids is 1. The van der Waals surface area contributed by atoms with Gasteiger partial charge in [0.15, 0.2) is 0 Å². The van der Waals surface area contributed by atoms with Gasteiger partial charge in [0.1, 0.15) is 11.5 Å². The summed E-state index contributed by atoms with van der Waals surface area (Å²) in [4.78, 5) is 16.2. The number of benzene rings is 2. The lowest BCUT2D eigenvalue weighted by molar-refractivity contribution is 0.0963. The van der Waals surface area contributed by atoms with Crippen molar-refractivity contribution in [2.24, 2.45) is 0 Å². The molecule has 0 spiro atoms. The van der Waals surface area contributed by atoms with Gasteiger partial charge in [-0.25, -0.2) is 0 Å². The first kappa shape index (κ1) is 19.5. The predicted octanol–water partition coefficient (Wildman–Crippen LogP) is 3.38. The van der Waals surface area contributed by atoms with E-state index in [9.17, 15) is 4.79 Å². The fourth-order valence-corrected chi connectivity index (χ4v) is 2.72. The molecule has 0 fully saturated rings. The van der Waals surface area contributed by atoms with Gasteiger partial charge in [0, 0.05) is 18.7 Å². The molecule has 0 saturated carbocycles. The molecule has 0 unspecified atom stereocenters. The molecular formula is C19H19ClN4O4. The van der Waals surface area contributed by atoms with E-state index in [0.717, 1.165) is 0 Å². The molecule has 28 heavy (non-hydrogen) atoms. The van der Waals surface area contributed by atoms with E-state index in [4.69, 9.17) is 25.6 Å². The van der Waals surface area contributed by atoms with Crippen molar-refractivity contribution in [2.75, 3.05) is 26.6 Å². The summed E-state index contributed by atoms with van der Waals surface area (Å²) in [6.07, 6.45) is 0. The predicted molar refractivity (Wildman–Crippen MR) is 105 cm³/mol. The first-order valence-electron chi connectivity index (χ1n) is 8.36. The van der Waals surface area contributed by atoms with Crippen LogP contribution in [-0.2, 0) is 6.54 Å². The zero-order valence-corrected chi connectivity index (χ0v) is 16.3. The lowest BCUT2D eigenvalue weighted by atomic mass is 10.2. The van der Waals surface area contributed by atoms with Crippen LogP contribution >= 0.6 is 11.6 Å². The highest BCUT2D eigenvalue weighted by Crippen LogP contribution is 2.31. The van der Waals surface area contributed by atoms with Crippen molar-refractivity contribution >= 4 is 23.2 Å². The van der Waals surface area contributed by atoms with E-state index < -0.39 is 0 Å². The molecule has 0 aliphatic carbocycles. The second-order valence-electron chi connectivity index (χ2n) is 5.71. The highest BCUT2D eigenvalue weighted by molar-refractivity contribution is 6.33. The number of amides is 1. The van der Waals surface area contributed by atoms with E-state index in [-0.39, 0.29) is 12.5 Å². The molecule has 0 radical (unpaired) electrons. The highest BCUT2D eigenvalue weighted by Gasteiger charge is 2.15. The number of anilines is 1. The third-order valence-electron chi connectivity index (χ3n) is 4.00. The average molecular weight is 403 g/mol. The zero-order chi connectivity index (χ0) is 20.1. The lowest BCUT2D eigenvalue weighted by Gasteiger charge is -2.08. The minimum atomic E-state index is -0.202. The van der Waals surface area contributed by atoms with Crippen molar-refractivity contribution in [1.82, 2.24) is 15.5 Å². The maximum atomic E-state index is 11.8. The third-order valence-corrected chi connectivity index (χ3v) is 4.33. The number of halogens is 1. The molecular weight excluding hydrogens is 384 g/mol. The minimum Gasteiger partial charge on any atom is -0.497 e. The van der Waals surface area contributed by atoms with E-state index in [1.165, 1.54) is 0 Å². The summed E-state index contributed by atoms with van der Waals surface area (Å²) in [6.45, 7) is 0.238. The zero-order valence-electron chi connectivity index (χ0n) is 15.6. The van der Waals surface area contributed by atoms with Crippen molar-refractivity contribution in [1.29, 1.82) is 0 Å². The van der Waals surface area contributed by atoms with Gasteiger partial charge in [-0.1, -0.05) is 16.8 Å². The molecule has 146 valence electrons. The monoisotopic (exact) mass is 402 g/mol. The van der Waals surface area contributed by atoms with Gasteiger partial charge in [-0.05, 0) is 30.3 Å². The van der Waals surface area contributed by atoms with Crippen molar-refractivity contribution in [2.45, 2.75) is 6.54 Å². The SMILES string of the molecule is CNC(=O)c1ccc(Cl)c(NCc2nc(-c3ccc(OC)cc3OC)no2)c1. The molecule has 2 N–H and O–H groups in total. The van der Waals surface area contributed by atoms with Crippen LogP contribution in [0.3, 0.4) is 0 Å². The van der Waals surface area contributed by atoms with Gasteiger partial charge >= 0.3 is 0 Å². The van der Waals surface area contributed by atoms with Gasteiger partial charge in [-0.15, -0.1) is 0 Å². The normalized spacial score (nSPS) is 10.4. The largest absolute Gasteiger partial charge is 0.497 e. The van der Waals surface area contributed by atoms with Crippen molar-refractivity contribution < 1.29 is 18.8 Å². The molecule has 1 aromatic heterocycles. The average Bonchev–Trinajstić information content (AvgIpc) is 3.20. The molecule has 3 rings (SSSR count). The maximum absolute atomic E-state index is 11.8. The number of methoxy groups -OCH3 is 2. The van der Waals surface area contributed by atoms with Crippen LogP contribution in [0, 0.1) is 0 Å². The summed E-state index contributed by atoms with van der Waals surface area (Å²) in [7, 11) is 4.70. The summed E-state index contributed by atoms with van der Waals surface area (Å²) < 4.78 is 15.9. The van der Waals surface area contributed by atoms with Gasteiger partial charge in [-0.2, -0.15) is 4.98 Å². The van der Waals surface area contributed by atoms with Gasteiger partial charge in [0.2, 0.25) is 11.7 Å². The Kier molecular flexibility index (Phi) is 6.00. The Labute approximate surface area is 166 Å². The molecule has 9 heteroatoms. The molecule has 0 aliphatic rings. The van der Waals surface area contributed by atoms with E-state index in [1.54, 1.807) is 57.7 Å². The Balaban J connectivity index is 1.77. The Bertz CT molecular complexity index is 990. The standard InChI is InChI=1S/C19H19ClN4O4/c1-21-19(25)11-4-7-14(20)15(8-11)22-10-17-23-18(24-28-17)13-6-5-12(26-2)9-16(13)27-3/h4-9,22H,10H2,1-3H3,(H,21,25). The van der Waals surface area contributed by atoms with Crippen LogP contribution in [-0.4, -0.2) is 37.3 Å². The van der Waals surface area contributed by atoms with Crippen molar-refractivity contribution in [3.63, 3.8) is 0 Å². The molecule has 1 heterocycles. The Morgan fingerprint density at radius 3 is 2.71 bits per heavy atom. The summed E-state index contributed by atoms with van der Waals surface area (Å²) in [5, 5.41) is 10.1. The Hall–Kier alpha value is -3.26. The quantitative estimate of drug-likeness (QED) is 0.625. The number of carbonyl (C=O) groups is 1. The number of rotatable bonds is 7. The smallest absolute Gasteiger partial charge is 0.251 e. The molecule has 1 amide bonds. The van der Waals surface area contributed by atoms with E-state index in [2.05, 4.69) is 20.8 Å². The van der Waals surface area contributed by atoms with Crippen LogP contribution < -0.4 is 20.1 Å². The fraction of sp³-hybridized carbons (Fsp3) is 0.211. The molecule has 0 bridgehead atoms. The number of aromatic nitrogens is 2. The number of ether oxygens (including phenoxy) is 2. The molecule has 0 aliphatic heterocycles. The highest BCUT2D eigenvalue weighted by atomic mass is 35.5. The molecule has 0 saturated heterocycles. The maximum Gasteiger partial charge on any atom is 0.251 e. The number of nitrogens with zero attached hydrogens (tertiary/aromatic N) is 2. The lowest BCUT2D eigenvalue weighted by Crippen LogP contribution is -2.17. The minimum absolute atomic E-state index is 0.202. The number of hydrogen-bond donors (Lipinski definition) is 2. The first-order valence-corrected chi connectivity index (χ1v) is 8.74.